The van der Waals surface area contributed by atoms with Gasteiger partial charge in [-0.15, -0.1) is 0 Å². The summed E-state index contributed by atoms with van der Waals surface area (Å²) in [6.45, 7) is 0. The third kappa shape index (κ3) is 2.34. The van der Waals surface area contributed by atoms with Crippen LogP contribution in [0.2, 0.25) is 0 Å². The topological polar surface area (TPSA) is 109 Å². The lowest BCUT2D eigenvalue weighted by Gasteiger charge is -2.26. The molecule has 0 unspecified atom stereocenters. The standard InChI is InChI=1S/C19H11NO6S/c21-17-14-8-4-7-12-13(19(23)24)9-10-15(16(12)14)18(22)20(17)27(25,26)11-5-2-1-3-6-11/h1-10H,(H,23,24). The molecule has 0 aromatic heterocycles. The number of imide groups is 1. The van der Waals surface area contributed by atoms with Gasteiger partial charge in [-0.2, -0.15) is 4.31 Å². The summed E-state index contributed by atoms with van der Waals surface area (Å²) in [6, 6.07) is 13.9. The SMILES string of the molecule is O=C(O)c1ccc2c3c(cccc13)C(=O)N(S(=O)(=O)c1ccccc1)C2=O. The summed E-state index contributed by atoms with van der Waals surface area (Å²) in [7, 11) is -4.41. The number of hydrogen-bond acceptors (Lipinski definition) is 5. The molecule has 0 saturated heterocycles. The van der Waals surface area contributed by atoms with Crippen LogP contribution in [0.15, 0.2) is 65.6 Å². The van der Waals surface area contributed by atoms with Crippen LogP contribution in [0, 0.1) is 0 Å². The lowest BCUT2D eigenvalue weighted by atomic mass is 9.92. The molecule has 0 spiro atoms. The molecule has 3 aromatic rings. The number of carbonyl (C=O) groups is 3. The van der Waals surface area contributed by atoms with E-state index in [4.69, 9.17) is 0 Å². The number of nitrogens with zero attached hydrogens (tertiary/aromatic N) is 1. The Hall–Kier alpha value is -3.52. The predicted octanol–water partition coefficient (Wildman–Crippen LogP) is 2.52. The summed E-state index contributed by atoms with van der Waals surface area (Å²) in [5.41, 5.74) is -0.148. The van der Waals surface area contributed by atoms with E-state index in [2.05, 4.69) is 0 Å². The third-order valence-electron chi connectivity index (χ3n) is 4.38. The van der Waals surface area contributed by atoms with Crippen molar-refractivity contribution in [1.29, 1.82) is 0 Å². The number of rotatable bonds is 3. The molecule has 134 valence electrons. The van der Waals surface area contributed by atoms with Gasteiger partial charge in [0.05, 0.1) is 10.5 Å². The van der Waals surface area contributed by atoms with Crippen molar-refractivity contribution in [3.05, 3.63) is 77.4 Å². The van der Waals surface area contributed by atoms with E-state index in [0.29, 0.717) is 0 Å². The van der Waals surface area contributed by atoms with Gasteiger partial charge in [-0.25, -0.2) is 13.2 Å². The Morgan fingerprint density at radius 3 is 2.07 bits per heavy atom. The number of sulfonamides is 1. The first kappa shape index (κ1) is 16.9. The van der Waals surface area contributed by atoms with E-state index in [-0.39, 0.29) is 36.7 Å². The number of benzene rings is 3. The van der Waals surface area contributed by atoms with E-state index in [0.717, 1.165) is 0 Å². The summed E-state index contributed by atoms with van der Waals surface area (Å²) >= 11 is 0. The van der Waals surface area contributed by atoms with Gasteiger partial charge >= 0.3 is 5.97 Å². The molecule has 7 nitrogen and oxygen atoms in total. The molecule has 27 heavy (non-hydrogen) atoms. The van der Waals surface area contributed by atoms with Crippen molar-refractivity contribution in [2.24, 2.45) is 0 Å². The van der Waals surface area contributed by atoms with Crippen LogP contribution in [-0.4, -0.2) is 35.6 Å². The van der Waals surface area contributed by atoms with Crippen molar-refractivity contribution in [2.45, 2.75) is 4.90 Å². The molecular weight excluding hydrogens is 370 g/mol. The Morgan fingerprint density at radius 2 is 1.44 bits per heavy atom. The zero-order chi connectivity index (χ0) is 19.3. The molecule has 1 heterocycles. The van der Waals surface area contributed by atoms with Crippen molar-refractivity contribution >= 4 is 38.6 Å². The molecule has 0 fully saturated rings. The first-order chi connectivity index (χ1) is 12.8. The maximum absolute atomic E-state index is 12.9. The molecule has 0 radical (unpaired) electrons. The van der Waals surface area contributed by atoms with Crippen LogP contribution in [0.1, 0.15) is 31.1 Å². The number of carboxylic acid groups (broad SMARTS) is 1. The maximum atomic E-state index is 12.9. The summed E-state index contributed by atoms with van der Waals surface area (Å²) in [4.78, 5) is 37.0. The van der Waals surface area contributed by atoms with E-state index < -0.39 is 27.8 Å². The fourth-order valence-electron chi connectivity index (χ4n) is 3.18. The van der Waals surface area contributed by atoms with E-state index in [1.165, 1.54) is 54.6 Å². The lowest BCUT2D eigenvalue weighted by molar-refractivity contribution is 0.0690. The molecule has 2 amide bonds. The molecule has 8 heteroatoms. The van der Waals surface area contributed by atoms with Crippen molar-refractivity contribution in [3.63, 3.8) is 0 Å². The lowest BCUT2D eigenvalue weighted by Crippen LogP contribution is -2.44. The number of hydrogen-bond donors (Lipinski definition) is 1. The molecule has 0 bridgehead atoms. The zero-order valence-electron chi connectivity index (χ0n) is 13.6. The van der Waals surface area contributed by atoms with Crippen molar-refractivity contribution in [1.82, 2.24) is 4.31 Å². The van der Waals surface area contributed by atoms with Crippen LogP contribution in [0.25, 0.3) is 10.8 Å². The van der Waals surface area contributed by atoms with Gasteiger partial charge in [-0.3, -0.25) is 9.59 Å². The van der Waals surface area contributed by atoms with E-state index in [9.17, 15) is 27.9 Å². The number of aromatic carboxylic acids is 1. The number of carbonyl (C=O) groups excluding carboxylic acids is 2. The van der Waals surface area contributed by atoms with Crippen molar-refractivity contribution in [2.75, 3.05) is 0 Å². The average Bonchev–Trinajstić information content (AvgIpc) is 2.66. The highest BCUT2D eigenvalue weighted by Gasteiger charge is 2.41. The Balaban J connectivity index is 1.99. The monoisotopic (exact) mass is 381 g/mol. The minimum atomic E-state index is -4.41. The van der Waals surface area contributed by atoms with Crippen LogP contribution in [0.4, 0.5) is 0 Å². The number of carboxylic acids is 1. The summed E-state index contributed by atoms with van der Waals surface area (Å²) < 4.78 is 26.0. The summed E-state index contributed by atoms with van der Waals surface area (Å²) in [6.07, 6.45) is 0. The Bertz CT molecular complexity index is 1230. The second-order valence-electron chi connectivity index (χ2n) is 5.89. The normalized spacial score (nSPS) is 13.9. The maximum Gasteiger partial charge on any atom is 0.336 e. The molecule has 0 atom stereocenters. The molecule has 0 aliphatic carbocycles. The Labute approximate surface area is 153 Å². The second kappa shape index (κ2) is 5.75. The Kier molecular flexibility index (Phi) is 3.60. The minimum absolute atomic E-state index is 0.0373. The highest BCUT2D eigenvalue weighted by Crippen LogP contribution is 2.34. The Morgan fingerprint density at radius 1 is 0.815 bits per heavy atom. The van der Waals surface area contributed by atoms with Crippen LogP contribution in [0.5, 0.6) is 0 Å². The molecular formula is C19H11NO6S. The van der Waals surface area contributed by atoms with Gasteiger partial charge in [0, 0.05) is 16.5 Å². The highest BCUT2D eigenvalue weighted by atomic mass is 32.2. The summed E-state index contributed by atoms with van der Waals surface area (Å²) in [5.74, 6) is -3.23. The largest absolute Gasteiger partial charge is 0.478 e. The van der Waals surface area contributed by atoms with Crippen LogP contribution >= 0.6 is 0 Å². The average molecular weight is 381 g/mol. The smallest absolute Gasteiger partial charge is 0.336 e. The van der Waals surface area contributed by atoms with Crippen LogP contribution in [-0.2, 0) is 10.0 Å². The van der Waals surface area contributed by atoms with Crippen molar-refractivity contribution < 1.29 is 27.9 Å². The van der Waals surface area contributed by atoms with Gasteiger partial charge < -0.3 is 5.11 Å². The van der Waals surface area contributed by atoms with Gasteiger partial charge in [0.2, 0.25) is 0 Å². The molecule has 0 saturated carbocycles. The molecule has 4 rings (SSSR count). The van der Waals surface area contributed by atoms with Gasteiger partial charge in [-0.05, 0) is 35.7 Å². The highest BCUT2D eigenvalue weighted by molar-refractivity contribution is 7.90. The first-order valence-corrected chi connectivity index (χ1v) is 9.26. The molecule has 1 aliphatic heterocycles. The van der Waals surface area contributed by atoms with Gasteiger partial charge in [0.1, 0.15) is 0 Å². The van der Waals surface area contributed by atoms with E-state index in [1.807, 2.05) is 0 Å². The third-order valence-corrected chi connectivity index (χ3v) is 6.06. The van der Waals surface area contributed by atoms with Crippen molar-refractivity contribution in [3.8, 4) is 0 Å². The fourth-order valence-corrected chi connectivity index (χ4v) is 4.52. The van der Waals surface area contributed by atoms with Crippen LogP contribution in [0.3, 0.4) is 0 Å². The van der Waals surface area contributed by atoms with Gasteiger partial charge in [0.25, 0.3) is 21.8 Å². The van der Waals surface area contributed by atoms with E-state index in [1.54, 1.807) is 6.07 Å². The van der Waals surface area contributed by atoms with Gasteiger partial charge in [-0.1, -0.05) is 30.3 Å². The van der Waals surface area contributed by atoms with E-state index >= 15 is 0 Å². The van der Waals surface area contributed by atoms with Gasteiger partial charge in [0.15, 0.2) is 0 Å². The predicted molar refractivity (Wildman–Crippen MR) is 95.0 cm³/mol. The number of amides is 2. The minimum Gasteiger partial charge on any atom is -0.478 e. The zero-order valence-corrected chi connectivity index (χ0v) is 14.4. The second-order valence-corrected chi connectivity index (χ2v) is 7.67. The summed E-state index contributed by atoms with van der Waals surface area (Å²) in [5, 5.41) is 9.69. The quantitative estimate of drug-likeness (QED) is 0.698. The molecule has 1 aliphatic rings. The first-order valence-electron chi connectivity index (χ1n) is 7.82. The molecule has 3 aromatic carbocycles. The molecule has 1 N–H and O–H groups in total. The fraction of sp³-hybridized carbons (Fsp3) is 0. The van der Waals surface area contributed by atoms with Crippen LogP contribution < -0.4 is 0 Å².